The van der Waals surface area contributed by atoms with Crippen molar-refractivity contribution in [3.63, 3.8) is 0 Å². The third-order valence-electron chi connectivity index (χ3n) is 1.76. The Morgan fingerprint density at radius 3 is 2.47 bits per heavy atom. The molecule has 1 rings (SSSR count). The van der Waals surface area contributed by atoms with Gasteiger partial charge in [-0.3, -0.25) is 0 Å². The topological polar surface area (TPSA) is 60.4 Å². The number of halogens is 3. The summed E-state index contributed by atoms with van der Waals surface area (Å²) in [6.45, 7) is 1.85. The van der Waals surface area contributed by atoms with Crippen LogP contribution in [0.3, 0.4) is 0 Å². The number of hydrogen-bond acceptors (Lipinski definition) is 4. The zero-order chi connectivity index (χ0) is 13.2. The Hall–Kier alpha value is -0.110. The molecule has 0 saturated heterocycles. The molecule has 0 aliphatic rings. The summed E-state index contributed by atoms with van der Waals surface area (Å²) in [6, 6.07) is 2.75. The number of carbonyl (C=O) groups is 1. The van der Waals surface area contributed by atoms with Gasteiger partial charge in [-0.25, -0.2) is 13.2 Å². The van der Waals surface area contributed by atoms with E-state index in [1.54, 1.807) is 6.92 Å². The minimum Gasteiger partial charge on any atom is -0.462 e. The van der Waals surface area contributed by atoms with E-state index in [4.69, 9.17) is 15.4 Å². The fourth-order valence-corrected chi connectivity index (χ4v) is 3.97. The van der Waals surface area contributed by atoms with Crippen LogP contribution in [0.2, 0.25) is 0 Å². The van der Waals surface area contributed by atoms with E-state index in [0.717, 1.165) is 0 Å². The fourth-order valence-electron chi connectivity index (χ4n) is 1.10. The predicted molar refractivity (Wildman–Crippen MR) is 70.8 cm³/mol. The summed E-state index contributed by atoms with van der Waals surface area (Å²) >= 11 is 6.14. The monoisotopic (exact) mass is 404 g/mol. The molecular formula is C9H7Br2ClO4S. The highest BCUT2D eigenvalue weighted by Crippen LogP contribution is 2.32. The second kappa shape index (κ2) is 5.69. The van der Waals surface area contributed by atoms with Gasteiger partial charge < -0.3 is 4.74 Å². The molecule has 0 amide bonds. The molecule has 0 fully saturated rings. The lowest BCUT2D eigenvalue weighted by atomic mass is 10.2. The number of esters is 1. The molecule has 0 aromatic heterocycles. The van der Waals surface area contributed by atoms with E-state index >= 15 is 0 Å². The summed E-state index contributed by atoms with van der Waals surface area (Å²) in [6.07, 6.45) is 0. The molecule has 0 aliphatic heterocycles. The van der Waals surface area contributed by atoms with Crippen LogP contribution in [-0.4, -0.2) is 21.0 Å². The highest BCUT2D eigenvalue weighted by Gasteiger charge is 2.22. The minimum absolute atomic E-state index is 0.0918. The number of ether oxygens (including phenoxy) is 1. The van der Waals surface area contributed by atoms with Gasteiger partial charge in [0.1, 0.15) is 0 Å². The van der Waals surface area contributed by atoms with Gasteiger partial charge in [0.2, 0.25) is 0 Å². The first-order valence-electron chi connectivity index (χ1n) is 4.38. The van der Waals surface area contributed by atoms with Gasteiger partial charge in [-0.2, -0.15) is 0 Å². The van der Waals surface area contributed by atoms with Gasteiger partial charge in [0.15, 0.2) is 0 Å². The van der Waals surface area contributed by atoms with Crippen molar-refractivity contribution in [2.75, 3.05) is 6.61 Å². The van der Waals surface area contributed by atoms with Crippen LogP contribution in [0.5, 0.6) is 0 Å². The summed E-state index contributed by atoms with van der Waals surface area (Å²) in [4.78, 5) is 11.4. The van der Waals surface area contributed by atoms with Gasteiger partial charge in [0.25, 0.3) is 9.05 Å². The maximum atomic E-state index is 11.6. The molecule has 1 aromatic rings. The lowest BCUT2D eigenvalue weighted by molar-refractivity contribution is 0.0525. The normalized spacial score (nSPS) is 11.3. The smallest absolute Gasteiger partial charge is 0.339 e. The molecule has 0 N–H and O–H groups in total. The molecule has 1 aromatic carbocycles. The van der Waals surface area contributed by atoms with Crippen molar-refractivity contribution >= 4 is 57.6 Å². The van der Waals surface area contributed by atoms with Gasteiger partial charge in [0, 0.05) is 15.2 Å². The molecule has 0 saturated carbocycles. The fraction of sp³-hybridized carbons (Fsp3) is 0.222. The number of hydrogen-bond donors (Lipinski definition) is 0. The second-order valence-electron chi connectivity index (χ2n) is 2.92. The van der Waals surface area contributed by atoms with E-state index < -0.39 is 15.0 Å². The summed E-state index contributed by atoms with van der Waals surface area (Å²) in [5.74, 6) is -0.623. The number of rotatable bonds is 3. The largest absolute Gasteiger partial charge is 0.462 e. The van der Waals surface area contributed by atoms with Crippen molar-refractivity contribution in [1.82, 2.24) is 0 Å². The second-order valence-corrected chi connectivity index (χ2v) is 7.17. The Morgan fingerprint density at radius 2 is 2.00 bits per heavy atom. The minimum atomic E-state index is -3.94. The van der Waals surface area contributed by atoms with Crippen LogP contribution in [0.4, 0.5) is 0 Å². The van der Waals surface area contributed by atoms with Gasteiger partial charge in [-0.15, -0.1) is 0 Å². The van der Waals surface area contributed by atoms with Crippen molar-refractivity contribution in [3.05, 3.63) is 26.6 Å². The number of benzene rings is 1. The first kappa shape index (κ1) is 14.9. The molecule has 0 radical (unpaired) electrons. The predicted octanol–water partition coefficient (Wildman–Crippen LogP) is 3.32. The van der Waals surface area contributed by atoms with E-state index in [-0.39, 0.29) is 21.5 Å². The van der Waals surface area contributed by atoms with Gasteiger partial charge in [-0.05, 0) is 35.0 Å². The molecule has 0 atom stereocenters. The quantitative estimate of drug-likeness (QED) is 0.571. The van der Waals surface area contributed by atoms with E-state index in [1.165, 1.54) is 12.1 Å². The van der Waals surface area contributed by atoms with Crippen molar-refractivity contribution < 1.29 is 17.9 Å². The summed E-state index contributed by atoms with van der Waals surface area (Å²) in [5.41, 5.74) is 0.0976. The molecule has 0 bridgehead atoms. The van der Waals surface area contributed by atoms with Crippen LogP contribution in [0.25, 0.3) is 0 Å². The maximum Gasteiger partial charge on any atom is 0.339 e. The third-order valence-corrected chi connectivity index (χ3v) is 4.68. The van der Waals surface area contributed by atoms with Crippen LogP contribution >= 0.6 is 42.5 Å². The molecule has 94 valence electrons. The summed E-state index contributed by atoms with van der Waals surface area (Å²) < 4.78 is 27.9. The van der Waals surface area contributed by atoms with Gasteiger partial charge >= 0.3 is 5.97 Å². The first-order chi connectivity index (χ1) is 7.77. The molecule has 0 aliphatic carbocycles. The van der Waals surface area contributed by atoms with Crippen molar-refractivity contribution in [2.45, 2.75) is 11.8 Å². The average Bonchev–Trinajstić information content (AvgIpc) is 2.19. The van der Waals surface area contributed by atoms with Crippen LogP contribution in [0, 0.1) is 0 Å². The molecule has 0 heterocycles. The van der Waals surface area contributed by atoms with E-state index in [1.807, 2.05) is 0 Å². The Morgan fingerprint density at radius 1 is 1.41 bits per heavy atom. The standard InChI is InChI=1S/C9H7Br2ClO4S/c1-2-16-9(13)6-3-5(10)4-7(8(6)11)17(12,14)15/h3-4H,2H2,1H3. The molecule has 17 heavy (non-hydrogen) atoms. The number of carbonyl (C=O) groups excluding carboxylic acids is 1. The average molecular weight is 406 g/mol. The van der Waals surface area contributed by atoms with Gasteiger partial charge in [0.05, 0.1) is 21.5 Å². The van der Waals surface area contributed by atoms with E-state index in [9.17, 15) is 13.2 Å². The Kier molecular flexibility index (Phi) is 5.00. The molecule has 0 unspecified atom stereocenters. The van der Waals surface area contributed by atoms with Crippen LogP contribution < -0.4 is 0 Å². The lowest BCUT2D eigenvalue weighted by Crippen LogP contribution is -2.07. The lowest BCUT2D eigenvalue weighted by Gasteiger charge is -2.08. The maximum absolute atomic E-state index is 11.6. The van der Waals surface area contributed by atoms with Crippen LogP contribution in [-0.2, 0) is 13.8 Å². The van der Waals surface area contributed by atoms with E-state index in [2.05, 4.69) is 31.9 Å². The van der Waals surface area contributed by atoms with Crippen molar-refractivity contribution in [3.8, 4) is 0 Å². The first-order valence-corrected chi connectivity index (χ1v) is 8.27. The third kappa shape index (κ3) is 3.67. The summed E-state index contributed by atoms with van der Waals surface area (Å²) in [7, 11) is 1.32. The SMILES string of the molecule is CCOC(=O)c1cc(Br)cc(S(=O)(=O)Cl)c1Br. The molecule has 8 heteroatoms. The van der Waals surface area contributed by atoms with Gasteiger partial charge in [-0.1, -0.05) is 15.9 Å². The highest BCUT2D eigenvalue weighted by atomic mass is 79.9. The van der Waals surface area contributed by atoms with Crippen LogP contribution in [0.15, 0.2) is 26.0 Å². The zero-order valence-corrected chi connectivity index (χ0v) is 13.3. The van der Waals surface area contributed by atoms with Crippen molar-refractivity contribution in [1.29, 1.82) is 0 Å². The molecular weight excluding hydrogens is 399 g/mol. The summed E-state index contributed by atoms with van der Waals surface area (Å²) in [5, 5.41) is 0. The zero-order valence-electron chi connectivity index (χ0n) is 8.54. The highest BCUT2D eigenvalue weighted by molar-refractivity contribution is 9.11. The Balaban J connectivity index is 3.44. The Bertz CT molecular complexity index is 556. The van der Waals surface area contributed by atoms with Crippen molar-refractivity contribution in [2.24, 2.45) is 0 Å². The molecule has 0 spiro atoms. The molecule has 4 nitrogen and oxygen atoms in total. The van der Waals surface area contributed by atoms with Crippen LogP contribution in [0.1, 0.15) is 17.3 Å². The Labute approximate surface area is 120 Å². The van der Waals surface area contributed by atoms with E-state index in [0.29, 0.717) is 4.47 Å².